The van der Waals surface area contributed by atoms with E-state index < -0.39 is 0 Å². The molecule has 0 radical (unpaired) electrons. The summed E-state index contributed by atoms with van der Waals surface area (Å²) < 4.78 is 1.84. The Labute approximate surface area is 125 Å². The Balaban J connectivity index is 1.81. The molecule has 0 atom stereocenters. The van der Waals surface area contributed by atoms with Gasteiger partial charge in [-0.25, -0.2) is 4.98 Å². The summed E-state index contributed by atoms with van der Waals surface area (Å²) in [4.78, 5) is 18.1. The average Bonchev–Trinajstić information content (AvgIpc) is 2.96. The molecule has 0 fully saturated rings. The van der Waals surface area contributed by atoms with Gasteiger partial charge in [0.15, 0.2) is 0 Å². The van der Waals surface area contributed by atoms with E-state index in [-0.39, 0.29) is 5.91 Å². The molecule has 1 aromatic carbocycles. The van der Waals surface area contributed by atoms with E-state index in [2.05, 4.69) is 17.1 Å². The topological polar surface area (TPSA) is 64.2 Å². The molecule has 0 aliphatic carbocycles. The Kier molecular flexibility index (Phi) is 5.51. The molecular weight excluding hydrogens is 264 g/mol. The summed E-state index contributed by atoms with van der Waals surface area (Å²) in [5.41, 5.74) is 7.26. The minimum absolute atomic E-state index is 0.0427. The third kappa shape index (κ3) is 4.43. The van der Waals surface area contributed by atoms with Crippen molar-refractivity contribution >= 4 is 5.91 Å². The molecule has 2 aromatic rings. The quantitative estimate of drug-likeness (QED) is 0.840. The first kappa shape index (κ1) is 15.3. The average molecular weight is 286 g/mol. The van der Waals surface area contributed by atoms with Crippen LogP contribution in [0.15, 0.2) is 42.9 Å². The lowest BCUT2D eigenvalue weighted by Gasteiger charge is -2.15. The maximum absolute atomic E-state index is 12.2. The highest BCUT2D eigenvalue weighted by Gasteiger charge is 2.14. The summed E-state index contributed by atoms with van der Waals surface area (Å²) in [6.07, 6.45) is 5.32. The highest BCUT2D eigenvalue weighted by atomic mass is 16.2. The first-order valence-electron chi connectivity index (χ1n) is 7.22. The van der Waals surface area contributed by atoms with Gasteiger partial charge < -0.3 is 15.2 Å². The Morgan fingerprint density at radius 3 is 2.81 bits per heavy atom. The number of carbonyl (C=O) groups excluding carboxylic acids is 1. The predicted molar refractivity (Wildman–Crippen MR) is 83.0 cm³/mol. The number of rotatable bonds is 7. The number of nitrogens with two attached hydrogens (primary N) is 1. The highest BCUT2D eigenvalue weighted by molar-refractivity contribution is 5.91. The molecule has 2 rings (SSSR count). The zero-order valence-corrected chi connectivity index (χ0v) is 12.4. The van der Waals surface area contributed by atoms with Gasteiger partial charge in [-0.05, 0) is 18.4 Å². The number of imidazole rings is 1. The lowest BCUT2D eigenvalue weighted by Crippen LogP contribution is -2.28. The molecule has 1 amide bonds. The van der Waals surface area contributed by atoms with Gasteiger partial charge in [-0.3, -0.25) is 4.79 Å². The van der Waals surface area contributed by atoms with Crippen LogP contribution in [0.4, 0.5) is 0 Å². The number of nitrogens with zero attached hydrogens (tertiary/aromatic N) is 3. The van der Waals surface area contributed by atoms with E-state index >= 15 is 0 Å². The third-order valence-corrected chi connectivity index (χ3v) is 3.39. The fourth-order valence-corrected chi connectivity index (χ4v) is 2.20. The second-order valence-corrected chi connectivity index (χ2v) is 5.10. The molecule has 21 heavy (non-hydrogen) atoms. The molecule has 0 bridgehead atoms. The number of aryl methyl sites for hydroxylation is 1. The molecule has 1 aromatic heterocycles. The lowest BCUT2D eigenvalue weighted by molar-refractivity contribution is 0.0788. The fourth-order valence-electron chi connectivity index (χ4n) is 2.20. The first-order chi connectivity index (χ1) is 10.2. The number of aromatic nitrogens is 2. The second kappa shape index (κ2) is 7.59. The van der Waals surface area contributed by atoms with Crippen molar-refractivity contribution in [3.8, 4) is 0 Å². The van der Waals surface area contributed by atoms with E-state index in [1.165, 1.54) is 5.56 Å². The molecule has 112 valence electrons. The van der Waals surface area contributed by atoms with Gasteiger partial charge in [0, 0.05) is 32.9 Å². The van der Waals surface area contributed by atoms with E-state index in [1.54, 1.807) is 17.4 Å². The van der Waals surface area contributed by atoms with Crippen molar-refractivity contribution < 1.29 is 4.79 Å². The Hall–Kier alpha value is -2.14. The van der Waals surface area contributed by atoms with Gasteiger partial charge in [0.25, 0.3) is 5.91 Å². The highest BCUT2D eigenvalue weighted by Crippen LogP contribution is 2.05. The maximum Gasteiger partial charge on any atom is 0.273 e. The van der Waals surface area contributed by atoms with Crippen LogP contribution >= 0.6 is 0 Å². The number of amides is 1. The Bertz CT molecular complexity index is 565. The molecule has 0 spiro atoms. The molecule has 1 heterocycles. The van der Waals surface area contributed by atoms with Crippen LogP contribution in [0.2, 0.25) is 0 Å². The summed E-state index contributed by atoms with van der Waals surface area (Å²) in [5, 5.41) is 0. The summed E-state index contributed by atoms with van der Waals surface area (Å²) in [6.45, 7) is 1.94. The largest absolute Gasteiger partial charge is 0.340 e. The van der Waals surface area contributed by atoms with Crippen molar-refractivity contribution in [3.05, 3.63) is 54.1 Å². The first-order valence-corrected chi connectivity index (χ1v) is 7.22. The number of benzene rings is 1. The Morgan fingerprint density at radius 1 is 1.33 bits per heavy atom. The van der Waals surface area contributed by atoms with Crippen molar-refractivity contribution in [2.75, 3.05) is 20.1 Å². The lowest BCUT2D eigenvalue weighted by atomic mass is 10.1. The molecular formula is C16H22N4O. The van der Waals surface area contributed by atoms with Gasteiger partial charge in [0.1, 0.15) is 5.69 Å². The standard InChI is InChI=1S/C16H22N4O/c1-19(10-5-8-14-6-3-2-4-7-14)16(21)15-12-20(11-9-17)13-18-15/h2-4,6-7,12-13H,5,8-11,17H2,1H3. The summed E-state index contributed by atoms with van der Waals surface area (Å²) in [6, 6.07) is 10.3. The van der Waals surface area contributed by atoms with Crippen molar-refractivity contribution in [1.29, 1.82) is 0 Å². The van der Waals surface area contributed by atoms with Crippen LogP contribution in [0.1, 0.15) is 22.5 Å². The van der Waals surface area contributed by atoms with E-state index in [0.29, 0.717) is 18.8 Å². The Morgan fingerprint density at radius 2 is 2.10 bits per heavy atom. The zero-order chi connectivity index (χ0) is 15.1. The SMILES string of the molecule is CN(CCCc1ccccc1)C(=O)c1cn(CCN)cn1. The van der Waals surface area contributed by atoms with Gasteiger partial charge in [-0.2, -0.15) is 0 Å². The summed E-state index contributed by atoms with van der Waals surface area (Å²) in [7, 11) is 1.81. The van der Waals surface area contributed by atoms with Crippen molar-refractivity contribution in [1.82, 2.24) is 14.5 Å². The molecule has 0 saturated heterocycles. The van der Waals surface area contributed by atoms with Crippen molar-refractivity contribution in [2.24, 2.45) is 5.73 Å². The summed E-state index contributed by atoms with van der Waals surface area (Å²) in [5.74, 6) is -0.0427. The zero-order valence-electron chi connectivity index (χ0n) is 12.4. The van der Waals surface area contributed by atoms with Gasteiger partial charge in [0.05, 0.1) is 6.33 Å². The number of hydrogen-bond donors (Lipinski definition) is 1. The molecule has 2 N–H and O–H groups in total. The van der Waals surface area contributed by atoms with Gasteiger partial charge in [-0.15, -0.1) is 0 Å². The van der Waals surface area contributed by atoms with E-state index in [0.717, 1.165) is 19.4 Å². The van der Waals surface area contributed by atoms with E-state index in [1.807, 2.05) is 29.8 Å². The van der Waals surface area contributed by atoms with Crippen molar-refractivity contribution in [3.63, 3.8) is 0 Å². The van der Waals surface area contributed by atoms with Crippen LogP contribution in [-0.4, -0.2) is 40.5 Å². The van der Waals surface area contributed by atoms with Crippen LogP contribution in [0.3, 0.4) is 0 Å². The van der Waals surface area contributed by atoms with Gasteiger partial charge in [0.2, 0.25) is 0 Å². The molecule has 5 nitrogen and oxygen atoms in total. The monoisotopic (exact) mass is 286 g/mol. The van der Waals surface area contributed by atoms with Crippen LogP contribution < -0.4 is 5.73 Å². The smallest absolute Gasteiger partial charge is 0.273 e. The minimum atomic E-state index is -0.0427. The number of carbonyl (C=O) groups is 1. The normalized spacial score (nSPS) is 10.6. The molecule has 0 aliphatic rings. The van der Waals surface area contributed by atoms with Crippen LogP contribution in [-0.2, 0) is 13.0 Å². The van der Waals surface area contributed by atoms with Crippen LogP contribution in [0, 0.1) is 0 Å². The molecule has 0 unspecified atom stereocenters. The number of hydrogen-bond acceptors (Lipinski definition) is 3. The fraction of sp³-hybridized carbons (Fsp3) is 0.375. The maximum atomic E-state index is 12.2. The van der Waals surface area contributed by atoms with Gasteiger partial charge in [-0.1, -0.05) is 30.3 Å². The third-order valence-electron chi connectivity index (χ3n) is 3.39. The predicted octanol–water partition coefficient (Wildman–Crippen LogP) is 1.55. The molecule has 0 aliphatic heterocycles. The van der Waals surface area contributed by atoms with Crippen LogP contribution in [0.5, 0.6) is 0 Å². The molecule has 0 saturated carbocycles. The van der Waals surface area contributed by atoms with Crippen molar-refractivity contribution in [2.45, 2.75) is 19.4 Å². The van der Waals surface area contributed by atoms with Crippen LogP contribution in [0.25, 0.3) is 0 Å². The molecule has 5 heteroatoms. The van der Waals surface area contributed by atoms with E-state index in [4.69, 9.17) is 5.73 Å². The second-order valence-electron chi connectivity index (χ2n) is 5.10. The summed E-state index contributed by atoms with van der Waals surface area (Å²) >= 11 is 0. The van der Waals surface area contributed by atoms with E-state index in [9.17, 15) is 4.79 Å². The van der Waals surface area contributed by atoms with Gasteiger partial charge >= 0.3 is 0 Å². The minimum Gasteiger partial charge on any atom is -0.340 e.